The Labute approximate surface area is 152 Å². The molecular formula is C20H20N4O2. The second kappa shape index (κ2) is 7.65. The first-order valence-electron chi connectivity index (χ1n) is 8.16. The van der Waals surface area contributed by atoms with Gasteiger partial charge in [-0.15, -0.1) is 0 Å². The molecule has 26 heavy (non-hydrogen) atoms. The monoisotopic (exact) mass is 348 g/mol. The number of nitrogens with zero attached hydrogens (tertiary/aromatic N) is 2. The molecule has 0 unspecified atom stereocenters. The zero-order valence-electron chi connectivity index (χ0n) is 14.9. The van der Waals surface area contributed by atoms with Gasteiger partial charge in [0.1, 0.15) is 5.75 Å². The third-order valence-corrected chi connectivity index (χ3v) is 3.72. The molecule has 0 aliphatic carbocycles. The van der Waals surface area contributed by atoms with Crippen molar-refractivity contribution in [2.45, 2.75) is 13.8 Å². The summed E-state index contributed by atoms with van der Waals surface area (Å²) < 4.78 is 5.18. The Kier molecular flexibility index (Phi) is 5.12. The number of carbonyl (C=O) groups is 1. The molecule has 2 aromatic carbocycles. The molecule has 0 atom stereocenters. The Morgan fingerprint density at radius 3 is 2.31 bits per heavy atom. The molecule has 0 fully saturated rings. The van der Waals surface area contributed by atoms with Gasteiger partial charge in [-0.3, -0.25) is 4.79 Å². The molecule has 6 nitrogen and oxygen atoms in total. The van der Waals surface area contributed by atoms with E-state index in [1.165, 1.54) is 12.4 Å². The number of nitrogens with one attached hydrogen (secondary N) is 2. The molecule has 1 aromatic heterocycles. The van der Waals surface area contributed by atoms with Gasteiger partial charge in [0.15, 0.2) is 0 Å². The number of rotatable bonds is 5. The quantitative estimate of drug-likeness (QED) is 0.726. The summed E-state index contributed by atoms with van der Waals surface area (Å²) in [6, 6.07) is 13.3. The van der Waals surface area contributed by atoms with Crippen LogP contribution >= 0.6 is 0 Å². The average Bonchev–Trinajstić information content (AvgIpc) is 2.61. The highest BCUT2D eigenvalue weighted by Gasteiger charge is 2.09. The fourth-order valence-corrected chi connectivity index (χ4v) is 2.59. The zero-order chi connectivity index (χ0) is 18.5. The number of aromatic nitrogens is 2. The third kappa shape index (κ3) is 4.36. The van der Waals surface area contributed by atoms with Gasteiger partial charge in [0.25, 0.3) is 5.91 Å². The SMILES string of the molecule is COc1cccc(Nc2ncc(C(=O)Nc3cc(C)cc(C)c3)cn2)c1. The molecule has 0 bridgehead atoms. The number of carbonyl (C=O) groups excluding carboxylic acids is 1. The summed E-state index contributed by atoms with van der Waals surface area (Å²) in [5.41, 5.74) is 4.13. The number of hydrogen-bond acceptors (Lipinski definition) is 5. The minimum Gasteiger partial charge on any atom is -0.497 e. The van der Waals surface area contributed by atoms with E-state index in [0.29, 0.717) is 11.5 Å². The number of methoxy groups -OCH3 is 1. The Balaban J connectivity index is 1.69. The maximum absolute atomic E-state index is 12.4. The number of aryl methyl sites for hydroxylation is 2. The van der Waals surface area contributed by atoms with Crippen LogP contribution in [0.15, 0.2) is 54.9 Å². The van der Waals surface area contributed by atoms with Crippen molar-refractivity contribution in [3.8, 4) is 5.75 Å². The van der Waals surface area contributed by atoms with Crippen LogP contribution in [0.1, 0.15) is 21.5 Å². The van der Waals surface area contributed by atoms with Crippen molar-refractivity contribution in [3.63, 3.8) is 0 Å². The number of anilines is 3. The van der Waals surface area contributed by atoms with Gasteiger partial charge >= 0.3 is 0 Å². The van der Waals surface area contributed by atoms with E-state index in [1.54, 1.807) is 7.11 Å². The summed E-state index contributed by atoms with van der Waals surface area (Å²) in [7, 11) is 1.61. The summed E-state index contributed by atoms with van der Waals surface area (Å²) in [5, 5.41) is 5.94. The molecule has 1 amide bonds. The van der Waals surface area contributed by atoms with E-state index in [1.807, 2.05) is 50.2 Å². The van der Waals surface area contributed by atoms with Gasteiger partial charge in [0.05, 0.1) is 12.7 Å². The van der Waals surface area contributed by atoms with Crippen LogP contribution in [0.2, 0.25) is 0 Å². The van der Waals surface area contributed by atoms with Gasteiger partial charge in [0, 0.05) is 29.8 Å². The molecule has 0 aliphatic rings. The van der Waals surface area contributed by atoms with Crippen LogP contribution in [0.5, 0.6) is 5.75 Å². The standard InChI is InChI=1S/C20H20N4O2/c1-13-7-14(2)9-17(8-13)23-19(25)15-11-21-20(22-12-15)24-16-5-4-6-18(10-16)26-3/h4-12H,1-3H3,(H,23,25)(H,21,22,24). The molecule has 0 saturated carbocycles. The maximum Gasteiger partial charge on any atom is 0.258 e. The highest BCUT2D eigenvalue weighted by atomic mass is 16.5. The van der Waals surface area contributed by atoms with Crippen molar-refractivity contribution in [1.82, 2.24) is 9.97 Å². The highest BCUT2D eigenvalue weighted by Crippen LogP contribution is 2.19. The lowest BCUT2D eigenvalue weighted by atomic mass is 10.1. The van der Waals surface area contributed by atoms with Gasteiger partial charge in [-0.25, -0.2) is 9.97 Å². The summed E-state index contributed by atoms with van der Waals surface area (Å²) in [5.74, 6) is 0.892. The molecule has 132 valence electrons. The average molecular weight is 348 g/mol. The fraction of sp³-hybridized carbons (Fsp3) is 0.150. The van der Waals surface area contributed by atoms with Crippen LogP contribution in [0.25, 0.3) is 0 Å². The Morgan fingerprint density at radius 2 is 1.65 bits per heavy atom. The number of hydrogen-bond donors (Lipinski definition) is 2. The second-order valence-corrected chi connectivity index (χ2v) is 5.98. The van der Waals surface area contributed by atoms with Crippen LogP contribution in [-0.2, 0) is 0 Å². The first kappa shape index (κ1) is 17.4. The van der Waals surface area contributed by atoms with Gasteiger partial charge in [0.2, 0.25) is 5.95 Å². The lowest BCUT2D eigenvalue weighted by Gasteiger charge is -2.09. The second-order valence-electron chi connectivity index (χ2n) is 5.98. The van der Waals surface area contributed by atoms with Crippen LogP contribution < -0.4 is 15.4 Å². The van der Waals surface area contributed by atoms with Crippen molar-refractivity contribution in [2.24, 2.45) is 0 Å². The molecule has 6 heteroatoms. The molecular weight excluding hydrogens is 328 g/mol. The third-order valence-electron chi connectivity index (χ3n) is 3.72. The predicted octanol–water partition coefficient (Wildman–Crippen LogP) is 4.10. The Bertz CT molecular complexity index is 903. The van der Waals surface area contributed by atoms with E-state index in [-0.39, 0.29) is 5.91 Å². The van der Waals surface area contributed by atoms with Gasteiger partial charge < -0.3 is 15.4 Å². The number of amides is 1. The number of ether oxygens (including phenoxy) is 1. The molecule has 0 saturated heterocycles. The predicted molar refractivity (Wildman–Crippen MR) is 102 cm³/mol. The van der Waals surface area contributed by atoms with E-state index in [2.05, 4.69) is 26.7 Å². The molecule has 3 rings (SSSR count). The summed E-state index contributed by atoms with van der Waals surface area (Å²) in [6.07, 6.45) is 2.99. The molecule has 0 radical (unpaired) electrons. The Morgan fingerprint density at radius 1 is 0.962 bits per heavy atom. The molecule has 2 N–H and O–H groups in total. The first-order valence-corrected chi connectivity index (χ1v) is 8.16. The van der Waals surface area contributed by atoms with Gasteiger partial charge in [-0.05, 0) is 49.2 Å². The maximum atomic E-state index is 12.4. The van der Waals surface area contributed by atoms with Crippen molar-refractivity contribution >= 4 is 23.2 Å². The summed E-state index contributed by atoms with van der Waals surface area (Å²) in [6.45, 7) is 3.98. The van der Waals surface area contributed by atoms with E-state index >= 15 is 0 Å². The molecule has 1 heterocycles. The normalized spacial score (nSPS) is 10.3. The van der Waals surface area contributed by atoms with Gasteiger partial charge in [-0.1, -0.05) is 12.1 Å². The molecule has 0 spiro atoms. The van der Waals surface area contributed by atoms with E-state index < -0.39 is 0 Å². The molecule has 3 aromatic rings. The number of benzene rings is 2. The minimum absolute atomic E-state index is 0.247. The topological polar surface area (TPSA) is 76.1 Å². The van der Waals surface area contributed by atoms with Crippen molar-refractivity contribution in [3.05, 3.63) is 71.5 Å². The van der Waals surface area contributed by atoms with E-state index in [4.69, 9.17) is 4.74 Å². The van der Waals surface area contributed by atoms with Crippen LogP contribution in [-0.4, -0.2) is 23.0 Å². The summed E-state index contributed by atoms with van der Waals surface area (Å²) in [4.78, 5) is 20.8. The lowest BCUT2D eigenvalue weighted by Crippen LogP contribution is -2.13. The first-order chi connectivity index (χ1) is 12.5. The van der Waals surface area contributed by atoms with Crippen molar-refractivity contribution in [1.29, 1.82) is 0 Å². The van der Waals surface area contributed by atoms with Crippen LogP contribution in [0.4, 0.5) is 17.3 Å². The van der Waals surface area contributed by atoms with E-state index in [9.17, 15) is 4.79 Å². The largest absolute Gasteiger partial charge is 0.497 e. The Hall–Kier alpha value is -3.41. The fourth-order valence-electron chi connectivity index (χ4n) is 2.59. The van der Waals surface area contributed by atoms with Crippen LogP contribution in [0, 0.1) is 13.8 Å². The van der Waals surface area contributed by atoms with Crippen molar-refractivity contribution < 1.29 is 9.53 Å². The highest BCUT2D eigenvalue weighted by molar-refractivity contribution is 6.04. The van der Waals surface area contributed by atoms with Crippen LogP contribution in [0.3, 0.4) is 0 Å². The van der Waals surface area contributed by atoms with Crippen molar-refractivity contribution in [2.75, 3.05) is 17.7 Å². The lowest BCUT2D eigenvalue weighted by molar-refractivity contribution is 0.102. The smallest absolute Gasteiger partial charge is 0.258 e. The zero-order valence-corrected chi connectivity index (χ0v) is 14.9. The minimum atomic E-state index is -0.247. The molecule has 0 aliphatic heterocycles. The summed E-state index contributed by atoms with van der Waals surface area (Å²) >= 11 is 0. The van der Waals surface area contributed by atoms with E-state index in [0.717, 1.165) is 28.3 Å². The van der Waals surface area contributed by atoms with Gasteiger partial charge in [-0.2, -0.15) is 0 Å².